The molecule has 0 aromatic heterocycles. The van der Waals surface area contributed by atoms with Gasteiger partial charge in [0.1, 0.15) is 0 Å². The van der Waals surface area contributed by atoms with Crippen molar-refractivity contribution >= 4 is 0 Å². The van der Waals surface area contributed by atoms with E-state index in [1.807, 2.05) is 0 Å². The van der Waals surface area contributed by atoms with Gasteiger partial charge in [-0.25, -0.2) is 0 Å². The second-order valence-corrected chi connectivity index (χ2v) is 7.01. The summed E-state index contributed by atoms with van der Waals surface area (Å²) in [6, 6.07) is 22.5. The van der Waals surface area contributed by atoms with Crippen LogP contribution in [-0.2, 0) is 13.1 Å². The monoisotopic (exact) mass is 307 g/mol. The first-order valence-electron chi connectivity index (χ1n) is 9.15. The third kappa shape index (κ3) is 4.68. The van der Waals surface area contributed by atoms with E-state index in [0.717, 1.165) is 19.0 Å². The molecule has 0 saturated heterocycles. The summed E-state index contributed by atoms with van der Waals surface area (Å²) in [5.41, 5.74) is 2.84. The van der Waals surface area contributed by atoms with Crippen LogP contribution in [0, 0.1) is 5.92 Å². The summed E-state index contributed by atoms with van der Waals surface area (Å²) in [5.74, 6) is 0.858. The summed E-state index contributed by atoms with van der Waals surface area (Å²) in [7, 11) is 0. The zero-order valence-corrected chi connectivity index (χ0v) is 14.3. The Balaban J connectivity index is 1.74. The molecule has 0 aliphatic heterocycles. The molecule has 1 aliphatic carbocycles. The van der Waals surface area contributed by atoms with Gasteiger partial charge in [0.25, 0.3) is 0 Å². The van der Waals surface area contributed by atoms with Gasteiger partial charge in [-0.1, -0.05) is 79.9 Å². The Morgan fingerprint density at radius 2 is 1.26 bits per heavy atom. The molecule has 23 heavy (non-hydrogen) atoms. The highest BCUT2D eigenvalue weighted by atomic mass is 15.2. The summed E-state index contributed by atoms with van der Waals surface area (Å²) in [6.07, 6.45) is 7.07. The highest BCUT2D eigenvalue weighted by Gasteiger charge is 2.25. The largest absolute Gasteiger partial charge is 0.292 e. The Hall–Kier alpha value is -1.60. The fourth-order valence-corrected chi connectivity index (χ4v) is 3.89. The SMILES string of the molecule is C[C@@H](C1CCCCC1)N(Cc1ccccc1)Cc1ccccc1. The Labute approximate surface area is 141 Å². The molecule has 2 aromatic rings. The van der Waals surface area contributed by atoms with Crippen molar-refractivity contribution in [3.63, 3.8) is 0 Å². The van der Waals surface area contributed by atoms with Crippen molar-refractivity contribution in [2.75, 3.05) is 0 Å². The number of rotatable bonds is 6. The molecule has 1 fully saturated rings. The van der Waals surface area contributed by atoms with Gasteiger partial charge in [-0.15, -0.1) is 0 Å². The molecule has 122 valence electrons. The molecule has 0 unspecified atom stereocenters. The standard InChI is InChI=1S/C22H29N/c1-19(22-15-9-4-10-16-22)23(17-20-11-5-2-6-12-20)18-21-13-7-3-8-14-21/h2-3,5-8,11-14,19,22H,4,9-10,15-18H2,1H3/t19-/m0/s1. The van der Waals surface area contributed by atoms with E-state index in [1.165, 1.54) is 43.2 Å². The highest BCUT2D eigenvalue weighted by Crippen LogP contribution is 2.30. The number of nitrogens with zero attached hydrogens (tertiary/aromatic N) is 1. The van der Waals surface area contributed by atoms with E-state index in [0.29, 0.717) is 6.04 Å². The Kier molecular flexibility index (Phi) is 5.87. The quantitative estimate of drug-likeness (QED) is 0.666. The van der Waals surface area contributed by atoms with E-state index in [-0.39, 0.29) is 0 Å². The molecule has 1 saturated carbocycles. The lowest BCUT2D eigenvalue weighted by Crippen LogP contribution is -2.38. The zero-order valence-electron chi connectivity index (χ0n) is 14.3. The number of hydrogen-bond acceptors (Lipinski definition) is 1. The summed E-state index contributed by atoms with van der Waals surface area (Å²) in [6.45, 7) is 4.54. The summed E-state index contributed by atoms with van der Waals surface area (Å²) in [4.78, 5) is 2.68. The van der Waals surface area contributed by atoms with Crippen LogP contribution >= 0.6 is 0 Å². The minimum Gasteiger partial charge on any atom is -0.292 e. The average Bonchev–Trinajstić information content (AvgIpc) is 2.63. The van der Waals surface area contributed by atoms with Crippen LogP contribution in [0.4, 0.5) is 0 Å². The van der Waals surface area contributed by atoms with Gasteiger partial charge in [0, 0.05) is 19.1 Å². The van der Waals surface area contributed by atoms with Gasteiger partial charge in [0.05, 0.1) is 0 Å². The van der Waals surface area contributed by atoms with Gasteiger partial charge in [-0.2, -0.15) is 0 Å². The van der Waals surface area contributed by atoms with Crippen LogP contribution in [0.3, 0.4) is 0 Å². The maximum atomic E-state index is 2.68. The predicted molar refractivity (Wildman–Crippen MR) is 98.2 cm³/mol. The average molecular weight is 307 g/mol. The normalized spacial score (nSPS) is 17.3. The topological polar surface area (TPSA) is 3.24 Å². The van der Waals surface area contributed by atoms with Crippen LogP contribution in [-0.4, -0.2) is 10.9 Å². The number of hydrogen-bond donors (Lipinski definition) is 0. The van der Waals surface area contributed by atoms with Gasteiger partial charge >= 0.3 is 0 Å². The maximum absolute atomic E-state index is 2.68. The van der Waals surface area contributed by atoms with Crippen molar-refractivity contribution in [1.29, 1.82) is 0 Å². The molecule has 0 bridgehead atoms. The first-order chi connectivity index (χ1) is 11.3. The van der Waals surface area contributed by atoms with Crippen molar-refractivity contribution in [1.82, 2.24) is 4.90 Å². The van der Waals surface area contributed by atoms with Crippen molar-refractivity contribution in [2.45, 2.75) is 58.2 Å². The van der Waals surface area contributed by atoms with Gasteiger partial charge < -0.3 is 0 Å². The highest BCUT2D eigenvalue weighted by molar-refractivity contribution is 5.17. The molecular weight excluding hydrogens is 278 g/mol. The van der Waals surface area contributed by atoms with Crippen molar-refractivity contribution in [3.05, 3.63) is 71.8 Å². The van der Waals surface area contributed by atoms with E-state index in [9.17, 15) is 0 Å². The molecule has 1 aliphatic rings. The van der Waals surface area contributed by atoms with E-state index >= 15 is 0 Å². The van der Waals surface area contributed by atoms with Crippen LogP contribution in [0.15, 0.2) is 60.7 Å². The minimum atomic E-state index is 0.649. The first-order valence-corrected chi connectivity index (χ1v) is 9.15. The Morgan fingerprint density at radius 3 is 1.74 bits per heavy atom. The second-order valence-electron chi connectivity index (χ2n) is 7.01. The van der Waals surface area contributed by atoms with Crippen LogP contribution in [0.5, 0.6) is 0 Å². The fraction of sp³-hybridized carbons (Fsp3) is 0.455. The molecule has 1 nitrogen and oxygen atoms in total. The van der Waals surface area contributed by atoms with E-state index in [4.69, 9.17) is 0 Å². The lowest BCUT2D eigenvalue weighted by molar-refractivity contribution is 0.115. The van der Waals surface area contributed by atoms with Crippen molar-refractivity contribution in [3.8, 4) is 0 Å². The third-order valence-corrected chi connectivity index (χ3v) is 5.36. The van der Waals surface area contributed by atoms with Crippen molar-refractivity contribution in [2.24, 2.45) is 5.92 Å². The predicted octanol–water partition coefficient (Wildman–Crippen LogP) is 5.66. The smallest absolute Gasteiger partial charge is 0.0240 e. The van der Waals surface area contributed by atoms with Gasteiger partial charge in [0.15, 0.2) is 0 Å². The molecule has 1 atom stereocenters. The molecule has 0 heterocycles. The molecule has 0 N–H and O–H groups in total. The molecule has 0 spiro atoms. The van der Waals surface area contributed by atoms with Crippen LogP contribution < -0.4 is 0 Å². The van der Waals surface area contributed by atoms with Gasteiger partial charge in [-0.3, -0.25) is 4.90 Å². The van der Waals surface area contributed by atoms with Crippen LogP contribution in [0.25, 0.3) is 0 Å². The van der Waals surface area contributed by atoms with E-state index in [2.05, 4.69) is 72.5 Å². The summed E-state index contributed by atoms with van der Waals surface area (Å²) >= 11 is 0. The fourth-order valence-electron chi connectivity index (χ4n) is 3.89. The number of benzene rings is 2. The van der Waals surface area contributed by atoms with E-state index in [1.54, 1.807) is 0 Å². The first kappa shape index (κ1) is 16.3. The lowest BCUT2D eigenvalue weighted by atomic mass is 9.83. The Bertz CT molecular complexity index is 516. The molecule has 0 radical (unpaired) electrons. The molecule has 0 amide bonds. The molecule has 2 aromatic carbocycles. The van der Waals surface area contributed by atoms with Gasteiger partial charge in [-0.05, 0) is 36.8 Å². The zero-order chi connectivity index (χ0) is 15.9. The maximum Gasteiger partial charge on any atom is 0.0240 e. The van der Waals surface area contributed by atoms with E-state index < -0.39 is 0 Å². The van der Waals surface area contributed by atoms with Crippen LogP contribution in [0.2, 0.25) is 0 Å². The molecule has 3 rings (SSSR count). The summed E-state index contributed by atoms with van der Waals surface area (Å²) in [5, 5.41) is 0. The molecule has 1 heteroatoms. The van der Waals surface area contributed by atoms with Crippen molar-refractivity contribution < 1.29 is 0 Å². The van der Waals surface area contributed by atoms with Crippen LogP contribution in [0.1, 0.15) is 50.2 Å². The lowest BCUT2D eigenvalue weighted by Gasteiger charge is -2.37. The molecular formula is C22H29N. The Morgan fingerprint density at radius 1 is 0.783 bits per heavy atom. The van der Waals surface area contributed by atoms with Gasteiger partial charge in [0.2, 0.25) is 0 Å². The third-order valence-electron chi connectivity index (χ3n) is 5.36. The summed E-state index contributed by atoms with van der Waals surface area (Å²) < 4.78 is 0. The second kappa shape index (κ2) is 8.31. The minimum absolute atomic E-state index is 0.649.